The average Bonchev–Trinajstić information content (AvgIpc) is 2.73. The monoisotopic (exact) mass is 240 g/mol. The lowest BCUT2D eigenvalue weighted by Crippen LogP contribution is -2.50. The van der Waals surface area contributed by atoms with Crippen molar-refractivity contribution in [1.29, 1.82) is 0 Å². The molecule has 0 radical (unpaired) electrons. The predicted molar refractivity (Wildman–Crippen MR) is 63.9 cm³/mol. The van der Waals surface area contributed by atoms with Crippen molar-refractivity contribution < 1.29 is 9.59 Å². The Hall–Kier alpha value is -0.970. The first kappa shape index (κ1) is 11.5. The Bertz CT molecular complexity index is 345. The molecule has 2 atom stereocenters. The SMILES string of the molecule is C=CCNC(=O)C1CSC2(C)CCC(=O)N12. The van der Waals surface area contributed by atoms with Crippen LogP contribution in [0.1, 0.15) is 19.8 Å². The number of nitrogens with zero attached hydrogens (tertiary/aromatic N) is 1. The standard InChI is InChI=1S/C11H16N2O2S/c1-3-6-12-10(15)8-7-16-11(2)5-4-9(14)13(8)11/h3,8H,1,4-7H2,2H3,(H,12,15). The second kappa shape index (κ2) is 4.13. The Morgan fingerprint density at radius 3 is 3.25 bits per heavy atom. The van der Waals surface area contributed by atoms with Crippen LogP contribution < -0.4 is 5.32 Å². The third-order valence-electron chi connectivity index (χ3n) is 3.17. The Morgan fingerprint density at radius 2 is 2.56 bits per heavy atom. The highest BCUT2D eigenvalue weighted by Crippen LogP contribution is 2.47. The molecular weight excluding hydrogens is 224 g/mol. The van der Waals surface area contributed by atoms with Crippen molar-refractivity contribution in [2.45, 2.75) is 30.7 Å². The van der Waals surface area contributed by atoms with E-state index in [9.17, 15) is 9.59 Å². The van der Waals surface area contributed by atoms with Gasteiger partial charge in [-0.2, -0.15) is 0 Å². The number of rotatable bonds is 3. The molecule has 2 aliphatic rings. The zero-order valence-corrected chi connectivity index (χ0v) is 10.2. The molecule has 2 rings (SSSR count). The Balaban J connectivity index is 2.09. The molecule has 0 spiro atoms. The highest BCUT2D eigenvalue weighted by atomic mass is 32.2. The van der Waals surface area contributed by atoms with Crippen molar-refractivity contribution in [2.75, 3.05) is 12.3 Å². The van der Waals surface area contributed by atoms with Crippen LogP contribution in [0.3, 0.4) is 0 Å². The van der Waals surface area contributed by atoms with Gasteiger partial charge in [-0.15, -0.1) is 18.3 Å². The Kier molecular flexibility index (Phi) is 2.97. The molecule has 88 valence electrons. The molecule has 2 aliphatic heterocycles. The highest BCUT2D eigenvalue weighted by Gasteiger charge is 2.52. The minimum absolute atomic E-state index is 0.0635. The van der Waals surface area contributed by atoms with Crippen LogP contribution in [0, 0.1) is 0 Å². The van der Waals surface area contributed by atoms with Gasteiger partial charge < -0.3 is 10.2 Å². The largest absolute Gasteiger partial charge is 0.351 e. The van der Waals surface area contributed by atoms with Crippen LogP contribution in [0.5, 0.6) is 0 Å². The molecule has 0 bridgehead atoms. The number of amides is 2. The Morgan fingerprint density at radius 1 is 1.81 bits per heavy atom. The van der Waals surface area contributed by atoms with Crippen LogP contribution in [-0.2, 0) is 9.59 Å². The highest BCUT2D eigenvalue weighted by molar-refractivity contribution is 8.01. The molecular formula is C11H16N2O2S. The van der Waals surface area contributed by atoms with E-state index in [1.54, 1.807) is 22.7 Å². The van der Waals surface area contributed by atoms with E-state index < -0.39 is 0 Å². The summed E-state index contributed by atoms with van der Waals surface area (Å²) in [5.74, 6) is 0.739. The summed E-state index contributed by atoms with van der Waals surface area (Å²) in [5, 5.41) is 2.76. The first-order chi connectivity index (χ1) is 7.58. The van der Waals surface area contributed by atoms with Gasteiger partial charge in [-0.3, -0.25) is 9.59 Å². The van der Waals surface area contributed by atoms with Crippen molar-refractivity contribution in [2.24, 2.45) is 0 Å². The maximum Gasteiger partial charge on any atom is 0.243 e. The minimum Gasteiger partial charge on any atom is -0.351 e. The van der Waals surface area contributed by atoms with E-state index in [-0.39, 0.29) is 22.7 Å². The summed E-state index contributed by atoms with van der Waals surface area (Å²) in [6.45, 7) is 6.06. The van der Waals surface area contributed by atoms with Gasteiger partial charge in [-0.1, -0.05) is 6.08 Å². The first-order valence-electron chi connectivity index (χ1n) is 5.43. The fourth-order valence-electron chi connectivity index (χ4n) is 2.31. The molecule has 16 heavy (non-hydrogen) atoms. The van der Waals surface area contributed by atoms with Gasteiger partial charge >= 0.3 is 0 Å². The van der Waals surface area contributed by atoms with Crippen LogP contribution in [0.15, 0.2) is 12.7 Å². The fourth-order valence-corrected chi connectivity index (χ4v) is 3.74. The van der Waals surface area contributed by atoms with Crippen molar-refractivity contribution in [1.82, 2.24) is 10.2 Å². The average molecular weight is 240 g/mol. The lowest BCUT2D eigenvalue weighted by molar-refractivity contribution is -0.137. The van der Waals surface area contributed by atoms with Gasteiger partial charge in [0.15, 0.2) is 0 Å². The zero-order chi connectivity index (χ0) is 11.8. The molecule has 2 unspecified atom stereocenters. The summed E-state index contributed by atoms with van der Waals surface area (Å²) >= 11 is 1.71. The van der Waals surface area contributed by atoms with Gasteiger partial charge in [0.25, 0.3) is 0 Å². The van der Waals surface area contributed by atoms with E-state index in [1.807, 2.05) is 6.92 Å². The molecule has 1 N–H and O–H groups in total. The molecule has 0 aromatic carbocycles. The second-order valence-corrected chi connectivity index (χ2v) is 5.80. The fraction of sp³-hybridized carbons (Fsp3) is 0.636. The maximum absolute atomic E-state index is 11.9. The summed E-state index contributed by atoms with van der Waals surface area (Å²) in [7, 11) is 0. The Labute approximate surface area is 99.4 Å². The van der Waals surface area contributed by atoms with Crippen LogP contribution in [-0.4, -0.2) is 39.9 Å². The molecule has 0 aromatic rings. The van der Waals surface area contributed by atoms with Gasteiger partial charge in [0.1, 0.15) is 6.04 Å². The molecule has 2 saturated heterocycles. The number of hydrogen-bond acceptors (Lipinski definition) is 3. The van der Waals surface area contributed by atoms with Crippen molar-refractivity contribution >= 4 is 23.6 Å². The number of nitrogens with one attached hydrogen (secondary N) is 1. The summed E-state index contributed by atoms with van der Waals surface area (Å²) in [5.41, 5.74) is 0. The van der Waals surface area contributed by atoms with Gasteiger partial charge in [0.2, 0.25) is 11.8 Å². The second-order valence-electron chi connectivity index (χ2n) is 4.30. The third-order valence-corrected chi connectivity index (χ3v) is 4.67. The van der Waals surface area contributed by atoms with E-state index in [0.29, 0.717) is 18.7 Å². The lowest BCUT2D eigenvalue weighted by atomic mass is 10.2. The number of carbonyl (C=O) groups excluding carboxylic acids is 2. The van der Waals surface area contributed by atoms with Gasteiger partial charge in [0, 0.05) is 18.7 Å². The van der Waals surface area contributed by atoms with E-state index in [1.165, 1.54) is 0 Å². The molecule has 4 nitrogen and oxygen atoms in total. The van der Waals surface area contributed by atoms with Crippen molar-refractivity contribution in [3.8, 4) is 0 Å². The van der Waals surface area contributed by atoms with Crippen LogP contribution in [0.25, 0.3) is 0 Å². The van der Waals surface area contributed by atoms with Gasteiger partial charge in [-0.05, 0) is 13.3 Å². The van der Waals surface area contributed by atoms with E-state index >= 15 is 0 Å². The van der Waals surface area contributed by atoms with E-state index in [2.05, 4.69) is 11.9 Å². The number of thioether (sulfide) groups is 1. The number of fused-ring (bicyclic) bond motifs is 1. The van der Waals surface area contributed by atoms with Gasteiger partial charge in [0.05, 0.1) is 4.87 Å². The summed E-state index contributed by atoms with van der Waals surface area (Å²) in [6, 6.07) is -0.301. The number of carbonyl (C=O) groups is 2. The quantitative estimate of drug-likeness (QED) is 0.740. The number of hydrogen-bond donors (Lipinski definition) is 1. The first-order valence-corrected chi connectivity index (χ1v) is 6.42. The molecule has 2 heterocycles. The summed E-state index contributed by atoms with van der Waals surface area (Å²) in [6.07, 6.45) is 3.06. The van der Waals surface area contributed by atoms with Crippen molar-refractivity contribution in [3.63, 3.8) is 0 Å². The topological polar surface area (TPSA) is 49.4 Å². The summed E-state index contributed by atoms with van der Waals surface area (Å²) < 4.78 is 0. The minimum atomic E-state index is -0.301. The van der Waals surface area contributed by atoms with Crippen molar-refractivity contribution in [3.05, 3.63) is 12.7 Å². The normalized spacial score (nSPS) is 32.7. The van der Waals surface area contributed by atoms with E-state index in [4.69, 9.17) is 0 Å². The third kappa shape index (κ3) is 1.73. The van der Waals surface area contributed by atoms with E-state index in [0.717, 1.165) is 6.42 Å². The predicted octanol–water partition coefficient (Wildman–Crippen LogP) is 0.743. The smallest absolute Gasteiger partial charge is 0.243 e. The molecule has 0 saturated carbocycles. The molecule has 0 aromatic heterocycles. The summed E-state index contributed by atoms with van der Waals surface area (Å²) in [4.78, 5) is 25.2. The van der Waals surface area contributed by atoms with Crippen LogP contribution in [0.4, 0.5) is 0 Å². The molecule has 2 amide bonds. The maximum atomic E-state index is 11.9. The zero-order valence-electron chi connectivity index (χ0n) is 9.36. The molecule has 5 heteroatoms. The molecule has 0 aliphatic carbocycles. The van der Waals surface area contributed by atoms with Gasteiger partial charge in [-0.25, -0.2) is 0 Å². The lowest BCUT2D eigenvalue weighted by Gasteiger charge is -2.29. The van der Waals surface area contributed by atoms with Crippen LogP contribution >= 0.6 is 11.8 Å². The molecule has 2 fully saturated rings. The van der Waals surface area contributed by atoms with Crippen LogP contribution in [0.2, 0.25) is 0 Å².